The molecule has 2 saturated heterocycles. The maximum absolute atomic E-state index is 12.1. The number of carbonyl (C=O) groups is 2. The van der Waals surface area contributed by atoms with Crippen LogP contribution in [0.15, 0.2) is 30.3 Å². The van der Waals surface area contributed by atoms with E-state index in [1.54, 1.807) is 7.05 Å². The molecular formula is C15H18N2O2. The number of rotatable bonds is 2. The SMILES string of the molecule is C[C@@H]1[C@@H]2C(=O)N(C)C(=O)[C@@H]2CN1Cc1ccccc1. The molecule has 0 spiro atoms. The molecule has 2 fully saturated rings. The zero-order valence-corrected chi connectivity index (χ0v) is 11.2. The van der Waals surface area contributed by atoms with E-state index in [1.807, 2.05) is 18.2 Å². The molecule has 4 nitrogen and oxygen atoms in total. The topological polar surface area (TPSA) is 40.6 Å². The molecule has 2 amide bonds. The standard InChI is InChI=1S/C15H18N2O2/c1-10-13-12(14(18)16(2)15(13)19)9-17(10)8-11-6-4-3-5-7-11/h3-7,10,12-13H,8-9H2,1-2H3/t10-,12-,13+/m1/s1. The van der Waals surface area contributed by atoms with Crippen molar-refractivity contribution < 1.29 is 9.59 Å². The van der Waals surface area contributed by atoms with Crippen molar-refractivity contribution in [3.8, 4) is 0 Å². The summed E-state index contributed by atoms with van der Waals surface area (Å²) in [6.07, 6.45) is 0. The monoisotopic (exact) mass is 258 g/mol. The first-order valence-electron chi connectivity index (χ1n) is 6.69. The van der Waals surface area contributed by atoms with E-state index in [2.05, 4.69) is 24.0 Å². The fraction of sp³-hybridized carbons (Fsp3) is 0.467. The van der Waals surface area contributed by atoms with E-state index in [0.29, 0.717) is 6.54 Å². The van der Waals surface area contributed by atoms with E-state index < -0.39 is 0 Å². The summed E-state index contributed by atoms with van der Waals surface area (Å²) in [6, 6.07) is 10.3. The lowest BCUT2D eigenvalue weighted by Gasteiger charge is -2.24. The second-order valence-electron chi connectivity index (χ2n) is 5.52. The van der Waals surface area contributed by atoms with Gasteiger partial charge in [0.25, 0.3) is 0 Å². The molecule has 2 aliphatic heterocycles. The van der Waals surface area contributed by atoms with Gasteiger partial charge < -0.3 is 0 Å². The van der Waals surface area contributed by atoms with Crippen LogP contribution >= 0.6 is 0 Å². The maximum Gasteiger partial charge on any atom is 0.234 e. The highest BCUT2D eigenvalue weighted by Crippen LogP contribution is 2.37. The predicted molar refractivity (Wildman–Crippen MR) is 71.1 cm³/mol. The van der Waals surface area contributed by atoms with Gasteiger partial charge in [0.1, 0.15) is 0 Å². The van der Waals surface area contributed by atoms with Crippen LogP contribution in [0, 0.1) is 11.8 Å². The Morgan fingerprint density at radius 3 is 2.47 bits per heavy atom. The predicted octanol–water partition coefficient (Wildman–Crippen LogP) is 1.12. The molecule has 100 valence electrons. The van der Waals surface area contributed by atoms with Crippen LogP contribution in [-0.4, -0.2) is 41.2 Å². The third-order valence-corrected chi connectivity index (χ3v) is 4.45. The average Bonchev–Trinajstić information content (AvgIpc) is 2.84. The summed E-state index contributed by atoms with van der Waals surface area (Å²) in [4.78, 5) is 27.6. The zero-order valence-electron chi connectivity index (χ0n) is 11.2. The maximum atomic E-state index is 12.1. The van der Waals surface area contributed by atoms with Crippen molar-refractivity contribution in [1.29, 1.82) is 0 Å². The fourth-order valence-electron chi connectivity index (χ4n) is 3.31. The molecule has 3 atom stereocenters. The van der Waals surface area contributed by atoms with Crippen molar-refractivity contribution in [2.45, 2.75) is 19.5 Å². The molecular weight excluding hydrogens is 240 g/mol. The Kier molecular flexibility index (Phi) is 2.90. The van der Waals surface area contributed by atoms with Gasteiger partial charge in [0.2, 0.25) is 11.8 Å². The largest absolute Gasteiger partial charge is 0.295 e. The van der Waals surface area contributed by atoms with Crippen LogP contribution in [0.25, 0.3) is 0 Å². The number of imide groups is 1. The summed E-state index contributed by atoms with van der Waals surface area (Å²) in [5.74, 6) is -0.326. The Morgan fingerprint density at radius 1 is 1.16 bits per heavy atom. The number of hydrogen-bond acceptors (Lipinski definition) is 3. The second-order valence-corrected chi connectivity index (χ2v) is 5.52. The van der Waals surface area contributed by atoms with Gasteiger partial charge in [-0.05, 0) is 12.5 Å². The molecule has 4 heteroatoms. The van der Waals surface area contributed by atoms with E-state index in [4.69, 9.17) is 0 Å². The van der Waals surface area contributed by atoms with Crippen LogP contribution in [0.3, 0.4) is 0 Å². The van der Waals surface area contributed by atoms with E-state index in [-0.39, 0.29) is 29.7 Å². The molecule has 19 heavy (non-hydrogen) atoms. The molecule has 2 aliphatic rings. The number of hydrogen-bond donors (Lipinski definition) is 0. The van der Waals surface area contributed by atoms with Crippen LogP contribution in [0.1, 0.15) is 12.5 Å². The summed E-state index contributed by atoms with van der Waals surface area (Å²) < 4.78 is 0. The van der Waals surface area contributed by atoms with Crippen LogP contribution < -0.4 is 0 Å². The molecule has 0 aliphatic carbocycles. The van der Waals surface area contributed by atoms with E-state index in [0.717, 1.165) is 6.54 Å². The zero-order chi connectivity index (χ0) is 13.6. The fourth-order valence-corrected chi connectivity index (χ4v) is 3.31. The van der Waals surface area contributed by atoms with E-state index in [1.165, 1.54) is 10.5 Å². The summed E-state index contributed by atoms with van der Waals surface area (Å²) in [7, 11) is 1.59. The summed E-state index contributed by atoms with van der Waals surface area (Å²) >= 11 is 0. The molecule has 0 saturated carbocycles. The molecule has 0 unspecified atom stereocenters. The van der Waals surface area contributed by atoms with Crippen molar-refractivity contribution in [2.24, 2.45) is 11.8 Å². The summed E-state index contributed by atoms with van der Waals surface area (Å²) in [5, 5.41) is 0. The average molecular weight is 258 g/mol. The molecule has 0 N–H and O–H groups in total. The first-order valence-corrected chi connectivity index (χ1v) is 6.69. The number of amides is 2. The first-order chi connectivity index (χ1) is 9.09. The number of benzene rings is 1. The summed E-state index contributed by atoms with van der Waals surface area (Å²) in [5.41, 5.74) is 1.22. The molecule has 1 aromatic carbocycles. The minimum Gasteiger partial charge on any atom is -0.295 e. The van der Waals surface area contributed by atoms with Crippen LogP contribution in [0.4, 0.5) is 0 Å². The van der Waals surface area contributed by atoms with Crippen molar-refractivity contribution in [3.05, 3.63) is 35.9 Å². The Hall–Kier alpha value is -1.68. The third-order valence-electron chi connectivity index (χ3n) is 4.45. The van der Waals surface area contributed by atoms with Gasteiger partial charge in [0.05, 0.1) is 11.8 Å². The van der Waals surface area contributed by atoms with Gasteiger partial charge in [0, 0.05) is 26.2 Å². The number of carbonyl (C=O) groups excluding carboxylic acids is 2. The van der Waals surface area contributed by atoms with Gasteiger partial charge in [-0.2, -0.15) is 0 Å². The lowest BCUT2D eigenvalue weighted by molar-refractivity contribution is -0.139. The first kappa shape index (κ1) is 12.4. The van der Waals surface area contributed by atoms with Crippen LogP contribution in [0.2, 0.25) is 0 Å². The molecule has 0 aromatic heterocycles. The van der Waals surface area contributed by atoms with Gasteiger partial charge in [0.15, 0.2) is 0 Å². The highest BCUT2D eigenvalue weighted by molar-refractivity contribution is 6.05. The van der Waals surface area contributed by atoms with E-state index >= 15 is 0 Å². The van der Waals surface area contributed by atoms with E-state index in [9.17, 15) is 9.59 Å². The second kappa shape index (κ2) is 4.46. The molecule has 0 radical (unpaired) electrons. The van der Waals surface area contributed by atoms with Gasteiger partial charge in [-0.15, -0.1) is 0 Å². The molecule has 3 rings (SSSR count). The minimum absolute atomic E-state index is 0.0157. The molecule has 2 heterocycles. The van der Waals surface area contributed by atoms with Gasteiger partial charge >= 0.3 is 0 Å². The van der Waals surface area contributed by atoms with Crippen LogP contribution in [-0.2, 0) is 16.1 Å². The summed E-state index contributed by atoms with van der Waals surface area (Å²) in [6.45, 7) is 3.55. The highest BCUT2D eigenvalue weighted by atomic mass is 16.2. The van der Waals surface area contributed by atoms with Crippen molar-refractivity contribution in [2.75, 3.05) is 13.6 Å². The quantitative estimate of drug-likeness (QED) is 0.746. The Bertz CT molecular complexity index is 514. The lowest BCUT2D eigenvalue weighted by atomic mass is 9.94. The van der Waals surface area contributed by atoms with Gasteiger partial charge in [-0.3, -0.25) is 19.4 Å². The Labute approximate surface area is 113 Å². The van der Waals surface area contributed by atoms with Crippen LogP contribution in [0.5, 0.6) is 0 Å². The smallest absolute Gasteiger partial charge is 0.234 e. The minimum atomic E-state index is -0.152. The van der Waals surface area contributed by atoms with Gasteiger partial charge in [-0.25, -0.2) is 0 Å². The Balaban J connectivity index is 1.78. The Morgan fingerprint density at radius 2 is 1.84 bits per heavy atom. The van der Waals surface area contributed by atoms with Crippen molar-refractivity contribution in [1.82, 2.24) is 9.80 Å². The van der Waals surface area contributed by atoms with Crippen molar-refractivity contribution >= 4 is 11.8 Å². The number of likely N-dealkylation sites (tertiary alicyclic amines) is 2. The van der Waals surface area contributed by atoms with Gasteiger partial charge in [-0.1, -0.05) is 30.3 Å². The normalized spacial score (nSPS) is 31.1. The number of nitrogens with zero attached hydrogens (tertiary/aromatic N) is 2. The lowest BCUT2D eigenvalue weighted by Crippen LogP contribution is -2.37. The number of fused-ring (bicyclic) bond motifs is 1. The van der Waals surface area contributed by atoms with Crippen molar-refractivity contribution in [3.63, 3.8) is 0 Å². The molecule has 1 aromatic rings. The highest BCUT2D eigenvalue weighted by Gasteiger charge is 2.54. The third kappa shape index (κ3) is 1.87. The molecule has 0 bridgehead atoms.